The zero-order valence-corrected chi connectivity index (χ0v) is 14.0. The molecule has 2 amide bonds. The molecule has 0 radical (unpaired) electrons. The van der Waals surface area contributed by atoms with Crippen molar-refractivity contribution in [1.82, 2.24) is 15.5 Å². The van der Waals surface area contributed by atoms with Crippen LogP contribution in [0.5, 0.6) is 0 Å². The Labute approximate surface area is 141 Å². The number of nitrogens with one attached hydrogen (secondary N) is 2. The van der Waals surface area contributed by atoms with Crippen LogP contribution >= 0.6 is 0 Å². The molecule has 2 aromatic rings. The van der Waals surface area contributed by atoms with Crippen molar-refractivity contribution in [2.45, 2.75) is 19.5 Å². The first-order valence-corrected chi connectivity index (χ1v) is 7.91. The first-order chi connectivity index (χ1) is 11.6. The largest absolute Gasteiger partial charge is 0.459 e. The third-order valence-electron chi connectivity index (χ3n) is 3.77. The van der Waals surface area contributed by atoms with Crippen LogP contribution in [0.15, 0.2) is 53.1 Å². The zero-order valence-electron chi connectivity index (χ0n) is 14.0. The van der Waals surface area contributed by atoms with Crippen molar-refractivity contribution in [2.24, 2.45) is 0 Å². The van der Waals surface area contributed by atoms with Gasteiger partial charge in [-0.05, 0) is 31.7 Å². The topological polar surface area (TPSA) is 74.6 Å². The summed E-state index contributed by atoms with van der Waals surface area (Å²) in [6.07, 6.45) is 1.45. The summed E-state index contributed by atoms with van der Waals surface area (Å²) in [6, 6.07) is 13.0. The molecule has 1 aromatic carbocycles. The Bertz CT molecular complexity index is 641. The Kier molecular flexibility index (Phi) is 6.57. The summed E-state index contributed by atoms with van der Waals surface area (Å²) in [5.41, 5.74) is 1.16. The number of hydrogen-bond donors (Lipinski definition) is 2. The maximum atomic E-state index is 12.2. The second-order valence-electron chi connectivity index (χ2n) is 5.60. The van der Waals surface area contributed by atoms with Gasteiger partial charge in [0.2, 0.25) is 5.91 Å². The predicted octanol–water partition coefficient (Wildman–Crippen LogP) is 1.65. The predicted molar refractivity (Wildman–Crippen MR) is 91.4 cm³/mol. The molecule has 0 saturated carbocycles. The molecule has 0 saturated heterocycles. The average Bonchev–Trinajstić information content (AvgIpc) is 3.13. The lowest BCUT2D eigenvalue weighted by atomic mass is 10.2. The van der Waals surface area contributed by atoms with E-state index in [0.29, 0.717) is 19.6 Å². The van der Waals surface area contributed by atoms with Gasteiger partial charge in [0.05, 0.1) is 12.3 Å². The Morgan fingerprint density at radius 3 is 2.46 bits per heavy atom. The van der Waals surface area contributed by atoms with Crippen molar-refractivity contribution in [3.8, 4) is 0 Å². The standard InChI is InChI=1S/C18H23N3O3/c1-14(21(2)13-15-7-4-3-5-8-15)17(22)19-10-11-20-18(23)16-9-6-12-24-16/h3-9,12,14H,10-11,13H2,1-2H3,(H,19,22)(H,20,23)/t14-/m1/s1. The summed E-state index contributed by atoms with van der Waals surface area (Å²) in [7, 11) is 1.91. The first kappa shape index (κ1) is 17.7. The van der Waals surface area contributed by atoms with Crippen LogP contribution < -0.4 is 10.6 Å². The van der Waals surface area contributed by atoms with E-state index in [1.54, 1.807) is 12.1 Å². The molecule has 24 heavy (non-hydrogen) atoms. The van der Waals surface area contributed by atoms with E-state index in [2.05, 4.69) is 10.6 Å². The highest BCUT2D eigenvalue weighted by molar-refractivity contribution is 5.91. The Balaban J connectivity index is 1.68. The lowest BCUT2D eigenvalue weighted by Gasteiger charge is -2.24. The molecule has 0 aliphatic rings. The van der Waals surface area contributed by atoms with E-state index >= 15 is 0 Å². The van der Waals surface area contributed by atoms with Gasteiger partial charge in [0.25, 0.3) is 5.91 Å². The van der Waals surface area contributed by atoms with E-state index in [1.807, 2.05) is 49.2 Å². The van der Waals surface area contributed by atoms with Crippen LogP contribution in [0.1, 0.15) is 23.0 Å². The molecule has 1 heterocycles. The maximum absolute atomic E-state index is 12.2. The van der Waals surface area contributed by atoms with Crippen molar-refractivity contribution in [3.05, 3.63) is 60.1 Å². The van der Waals surface area contributed by atoms with Crippen LogP contribution in [-0.2, 0) is 11.3 Å². The van der Waals surface area contributed by atoms with Gasteiger partial charge in [0.1, 0.15) is 0 Å². The molecule has 1 atom stereocenters. The first-order valence-electron chi connectivity index (χ1n) is 7.91. The number of carbonyl (C=O) groups excluding carboxylic acids is 2. The monoisotopic (exact) mass is 329 g/mol. The summed E-state index contributed by atoms with van der Waals surface area (Å²) in [4.78, 5) is 25.8. The quantitative estimate of drug-likeness (QED) is 0.722. The molecule has 6 nitrogen and oxygen atoms in total. The van der Waals surface area contributed by atoms with Crippen molar-refractivity contribution >= 4 is 11.8 Å². The molecule has 0 aliphatic heterocycles. The molecule has 2 N–H and O–H groups in total. The number of benzene rings is 1. The van der Waals surface area contributed by atoms with Gasteiger partial charge in [0.15, 0.2) is 5.76 Å². The van der Waals surface area contributed by atoms with Gasteiger partial charge in [-0.2, -0.15) is 0 Å². The van der Waals surface area contributed by atoms with E-state index in [4.69, 9.17) is 4.42 Å². The van der Waals surface area contributed by atoms with Gasteiger partial charge >= 0.3 is 0 Å². The zero-order chi connectivity index (χ0) is 17.4. The molecular formula is C18H23N3O3. The lowest BCUT2D eigenvalue weighted by Crippen LogP contribution is -2.45. The van der Waals surface area contributed by atoms with E-state index in [0.717, 1.165) is 5.56 Å². The van der Waals surface area contributed by atoms with Gasteiger partial charge in [0, 0.05) is 19.6 Å². The maximum Gasteiger partial charge on any atom is 0.287 e. The molecule has 2 rings (SSSR count). The van der Waals surface area contributed by atoms with Crippen LogP contribution in [0.4, 0.5) is 0 Å². The summed E-state index contributed by atoms with van der Waals surface area (Å²) >= 11 is 0. The highest BCUT2D eigenvalue weighted by atomic mass is 16.3. The van der Waals surface area contributed by atoms with Gasteiger partial charge in [-0.1, -0.05) is 30.3 Å². The van der Waals surface area contributed by atoms with Gasteiger partial charge < -0.3 is 15.1 Å². The van der Waals surface area contributed by atoms with Crippen molar-refractivity contribution in [2.75, 3.05) is 20.1 Å². The van der Waals surface area contributed by atoms with E-state index < -0.39 is 0 Å². The lowest BCUT2D eigenvalue weighted by molar-refractivity contribution is -0.125. The van der Waals surface area contributed by atoms with Crippen LogP contribution in [0.25, 0.3) is 0 Å². The Hall–Kier alpha value is -2.60. The fraction of sp³-hybridized carbons (Fsp3) is 0.333. The van der Waals surface area contributed by atoms with Crippen LogP contribution in [0.3, 0.4) is 0 Å². The number of carbonyl (C=O) groups is 2. The molecule has 0 fully saturated rings. The second-order valence-corrected chi connectivity index (χ2v) is 5.60. The number of rotatable bonds is 8. The SMILES string of the molecule is C[C@H](C(=O)NCCNC(=O)c1ccco1)N(C)Cc1ccccc1. The minimum Gasteiger partial charge on any atom is -0.459 e. The summed E-state index contributed by atoms with van der Waals surface area (Å²) in [6.45, 7) is 3.28. The number of hydrogen-bond acceptors (Lipinski definition) is 4. The molecule has 6 heteroatoms. The highest BCUT2D eigenvalue weighted by Crippen LogP contribution is 2.06. The number of likely N-dealkylation sites (N-methyl/N-ethyl adjacent to an activating group) is 1. The molecule has 0 aliphatic carbocycles. The average molecular weight is 329 g/mol. The Morgan fingerprint density at radius 1 is 1.08 bits per heavy atom. The summed E-state index contributed by atoms with van der Waals surface area (Å²) < 4.78 is 4.99. The van der Waals surface area contributed by atoms with E-state index in [1.165, 1.54) is 6.26 Å². The van der Waals surface area contributed by atoms with E-state index in [9.17, 15) is 9.59 Å². The summed E-state index contributed by atoms with van der Waals surface area (Å²) in [5.74, 6) is -0.0959. The van der Waals surface area contributed by atoms with Gasteiger partial charge in [-0.3, -0.25) is 14.5 Å². The smallest absolute Gasteiger partial charge is 0.287 e. The third kappa shape index (κ3) is 5.24. The molecule has 1 aromatic heterocycles. The normalized spacial score (nSPS) is 12.0. The van der Waals surface area contributed by atoms with Crippen LogP contribution in [0, 0.1) is 0 Å². The number of amides is 2. The van der Waals surface area contributed by atoms with E-state index in [-0.39, 0.29) is 23.6 Å². The molecule has 0 spiro atoms. The van der Waals surface area contributed by atoms with Gasteiger partial charge in [-0.25, -0.2) is 0 Å². The third-order valence-corrected chi connectivity index (χ3v) is 3.77. The molecular weight excluding hydrogens is 306 g/mol. The van der Waals surface area contributed by atoms with Crippen molar-refractivity contribution in [1.29, 1.82) is 0 Å². The highest BCUT2D eigenvalue weighted by Gasteiger charge is 2.17. The van der Waals surface area contributed by atoms with Crippen molar-refractivity contribution < 1.29 is 14.0 Å². The minimum atomic E-state index is -0.288. The molecule has 0 bridgehead atoms. The fourth-order valence-corrected chi connectivity index (χ4v) is 2.21. The number of nitrogens with zero attached hydrogens (tertiary/aromatic N) is 1. The van der Waals surface area contributed by atoms with Crippen LogP contribution in [0.2, 0.25) is 0 Å². The fourth-order valence-electron chi connectivity index (χ4n) is 2.21. The minimum absolute atomic E-state index is 0.0688. The molecule has 128 valence electrons. The number of furan rings is 1. The molecule has 0 unspecified atom stereocenters. The second kappa shape index (κ2) is 8.88. The van der Waals surface area contributed by atoms with Gasteiger partial charge in [-0.15, -0.1) is 0 Å². The van der Waals surface area contributed by atoms with Crippen LogP contribution in [-0.4, -0.2) is 42.9 Å². The Morgan fingerprint density at radius 2 is 1.79 bits per heavy atom. The van der Waals surface area contributed by atoms with Crippen molar-refractivity contribution in [3.63, 3.8) is 0 Å². The summed E-state index contributed by atoms with van der Waals surface area (Å²) in [5, 5.41) is 5.51.